The molecular weight excluding hydrogens is 1330 g/mol. The summed E-state index contributed by atoms with van der Waals surface area (Å²) in [4.78, 5) is 73.1. The molecule has 0 aliphatic rings. The Kier molecular flexibility index (Phi) is 73.6. The predicted molar refractivity (Wildman–Crippen MR) is 418 cm³/mol. The second-order valence-electron chi connectivity index (χ2n) is 28.1. The molecular formula is C83H152O17P2. The average molecular weight is 1480 g/mol. The fourth-order valence-electron chi connectivity index (χ4n) is 11.7. The maximum atomic E-state index is 13.1. The van der Waals surface area contributed by atoms with Crippen LogP contribution in [-0.2, 0) is 65.4 Å². The molecule has 0 aliphatic heterocycles. The van der Waals surface area contributed by atoms with Gasteiger partial charge in [-0.2, -0.15) is 0 Å². The molecule has 0 aromatic carbocycles. The molecule has 0 fully saturated rings. The third-order valence-corrected chi connectivity index (χ3v) is 19.9. The smallest absolute Gasteiger partial charge is 0.462 e. The van der Waals surface area contributed by atoms with Gasteiger partial charge in [-0.05, 0) is 89.9 Å². The number of unbranched alkanes of at least 4 members (excludes halogenated alkanes) is 43. The number of ether oxygens (including phenoxy) is 4. The van der Waals surface area contributed by atoms with Crippen molar-refractivity contribution in [2.45, 2.75) is 406 Å². The van der Waals surface area contributed by atoms with Crippen LogP contribution in [0.1, 0.15) is 387 Å². The third kappa shape index (κ3) is 75.0. The van der Waals surface area contributed by atoms with Crippen LogP contribution < -0.4 is 0 Å². The van der Waals surface area contributed by atoms with Crippen LogP contribution in [0.2, 0.25) is 0 Å². The lowest BCUT2D eigenvalue weighted by Crippen LogP contribution is -2.30. The van der Waals surface area contributed by atoms with Gasteiger partial charge in [0.25, 0.3) is 0 Å². The molecule has 102 heavy (non-hydrogen) atoms. The zero-order valence-corrected chi connectivity index (χ0v) is 67.1. The Morgan fingerprint density at radius 1 is 0.284 bits per heavy atom. The molecule has 5 unspecified atom stereocenters. The fraction of sp³-hybridized carbons (Fsp3) is 0.831. The summed E-state index contributed by atoms with van der Waals surface area (Å²) in [7, 11) is -9.95. The largest absolute Gasteiger partial charge is 0.472 e. The van der Waals surface area contributed by atoms with Crippen molar-refractivity contribution in [1.82, 2.24) is 0 Å². The standard InChI is InChI=1S/C83H152O17P2/c1-5-9-13-17-21-25-29-33-37-38-42-44-48-52-56-60-64-68-81(86)94-74-79(100-83(88)70-66-62-58-54-50-46-41-36-32-28-24-20-16-12-8-4)76-98-102(91,92)96-72-77(84)71-95-101(89,90)97-75-78(99-82(87)69-65-61-57-53-49-45-40-35-31-27-23-19-15-11-7-3)73-93-80(85)67-63-59-55-51-47-43-39-34-30-26-22-18-14-10-6-2/h9,13,21,25,33-34,37,39,42,44,77-79,84H,5-8,10-12,14-20,22-24,26-32,35-36,38,40-41,43,45-76H2,1-4H3,(H,89,90)(H,91,92)/b13-9-,25-21-,37-33-,39-34-,44-42-. The Labute approximate surface area is 622 Å². The zero-order chi connectivity index (χ0) is 74.6. The lowest BCUT2D eigenvalue weighted by molar-refractivity contribution is -0.161. The van der Waals surface area contributed by atoms with Gasteiger partial charge in [0.15, 0.2) is 12.2 Å². The van der Waals surface area contributed by atoms with Crippen LogP contribution in [0.25, 0.3) is 0 Å². The Hall–Kier alpha value is -3.24. The molecule has 5 atom stereocenters. The molecule has 596 valence electrons. The van der Waals surface area contributed by atoms with Gasteiger partial charge in [0.2, 0.25) is 0 Å². The molecule has 0 spiro atoms. The van der Waals surface area contributed by atoms with Gasteiger partial charge in [-0.15, -0.1) is 0 Å². The van der Waals surface area contributed by atoms with E-state index in [4.69, 9.17) is 37.0 Å². The van der Waals surface area contributed by atoms with Crippen LogP contribution in [-0.4, -0.2) is 96.7 Å². The second-order valence-corrected chi connectivity index (χ2v) is 31.0. The van der Waals surface area contributed by atoms with Gasteiger partial charge >= 0.3 is 39.5 Å². The highest BCUT2D eigenvalue weighted by molar-refractivity contribution is 7.47. The van der Waals surface area contributed by atoms with Gasteiger partial charge in [0.1, 0.15) is 19.3 Å². The monoisotopic (exact) mass is 1480 g/mol. The van der Waals surface area contributed by atoms with Crippen molar-refractivity contribution >= 4 is 39.5 Å². The van der Waals surface area contributed by atoms with E-state index in [1.54, 1.807) is 0 Å². The molecule has 19 heteroatoms. The van der Waals surface area contributed by atoms with Gasteiger partial charge in [0.05, 0.1) is 26.4 Å². The van der Waals surface area contributed by atoms with E-state index in [1.165, 1.54) is 167 Å². The summed E-state index contributed by atoms with van der Waals surface area (Å²) in [6, 6.07) is 0. The third-order valence-electron chi connectivity index (χ3n) is 18.0. The lowest BCUT2D eigenvalue weighted by Gasteiger charge is -2.21. The molecule has 0 aromatic heterocycles. The van der Waals surface area contributed by atoms with Crippen LogP contribution in [0.5, 0.6) is 0 Å². The average Bonchev–Trinajstić information content (AvgIpc) is 0.923. The number of carbonyl (C=O) groups excluding carboxylic acids is 4. The Balaban J connectivity index is 5.34. The molecule has 3 N–H and O–H groups in total. The minimum absolute atomic E-state index is 0.0959. The number of hydrogen-bond acceptors (Lipinski definition) is 15. The van der Waals surface area contributed by atoms with E-state index in [0.29, 0.717) is 25.7 Å². The van der Waals surface area contributed by atoms with E-state index in [2.05, 4.69) is 88.5 Å². The van der Waals surface area contributed by atoms with Crippen molar-refractivity contribution in [1.29, 1.82) is 0 Å². The number of aliphatic hydroxyl groups is 1. The molecule has 0 radical (unpaired) electrons. The van der Waals surface area contributed by atoms with E-state index in [9.17, 15) is 43.2 Å². The number of phosphoric ester groups is 2. The zero-order valence-electron chi connectivity index (χ0n) is 65.3. The van der Waals surface area contributed by atoms with Crippen LogP contribution in [0, 0.1) is 0 Å². The highest BCUT2D eigenvalue weighted by Crippen LogP contribution is 2.45. The van der Waals surface area contributed by atoms with Gasteiger partial charge in [0, 0.05) is 25.7 Å². The fourth-order valence-corrected chi connectivity index (χ4v) is 13.3. The van der Waals surface area contributed by atoms with Crippen LogP contribution >= 0.6 is 15.6 Å². The van der Waals surface area contributed by atoms with Crippen LogP contribution in [0.15, 0.2) is 60.8 Å². The first-order chi connectivity index (χ1) is 49.7. The molecule has 0 heterocycles. The molecule has 0 amide bonds. The van der Waals surface area contributed by atoms with E-state index in [-0.39, 0.29) is 25.7 Å². The van der Waals surface area contributed by atoms with E-state index in [0.717, 1.165) is 141 Å². The molecule has 0 saturated carbocycles. The maximum Gasteiger partial charge on any atom is 0.472 e. The second kappa shape index (κ2) is 76.0. The summed E-state index contributed by atoms with van der Waals surface area (Å²) in [6.45, 7) is 4.82. The van der Waals surface area contributed by atoms with Crippen molar-refractivity contribution in [3.63, 3.8) is 0 Å². The Bertz CT molecular complexity index is 2170. The van der Waals surface area contributed by atoms with Crippen LogP contribution in [0.3, 0.4) is 0 Å². The van der Waals surface area contributed by atoms with E-state index in [1.807, 2.05) is 0 Å². The van der Waals surface area contributed by atoms with Crippen LogP contribution in [0.4, 0.5) is 0 Å². The summed E-state index contributed by atoms with van der Waals surface area (Å²) in [6.07, 6.45) is 76.1. The molecule has 17 nitrogen and oxygen atoms in total. The van der Waals surface area contributed by atoms with Gasteiger partial charge in [-0.25, -0.2) is 9.13 Å². The minimum atomic E-state index is -4.98. The quantitative estimate of drug-likeness (QED) is 0.0169. The van der Waals surface area contributed by atoms with Gasteiger partial charge in [-0.3, -0.25) is 37.3 Å². The lowest BCUT2D eigenvalue weighted by atomic mass is 10.0. The summed E-state index contributed by atoms with van der Waals surface area (Å²) < 4.78 is 68.7. The number of esters is 4. The Morgan fingerprint density at radius 3 is 0.794 bits per heavy atom. The van der Waals surface area contributed by atoms with Crippen molar-refractivity contribution in [2.24, 2.45) is 0 Å². The summed E-state index contributed by atoms with van der Waals surface area (Å²) in [5, 5.41) is 10.7. The minimum Gasteiger partial charge on any atom is -0.462 e. The van der Waals surface area contributed by atoms with Crippen molar-refractivity contribution in [3.8, 4) is 0 Å². The first-order valence-electron chi connectivity index (χ1n) is 41.5. The van der Waals surface area contributed by atoms with E-state index >= 15 is 0 Å². The highest BCUT2D eigenvalue weighted by Gasteiger charge is 2.30. The number of phosphoric acid groups is 2. The first kappa shape index (κ1) is 98.8. The number of rotatable bonds is 79. The number of hydrogen-bond donors (Lipinski definition) is 3. The molecule has 0 aliphatic carbocycles. The topological polar surface area (TPSA) is 237 Å². The summed E-state index contributed by atoms with van der Waals surface area (Å²) in [5.74, 6) is -2.17. The number of allylic oxidation sites excluding steroid dienone is 10. The number of aliphatic hydroxyl groups excluding tert-OH is 1. The maximum absolute atomic E-state index is 13.1. The van der Waals surface area contributed by atoms with Gasteiger partial charge in [-0.1, -0.05) is 332 Å². The molecule has 0 bridgehead atoms. The summed E-state index contributed by atoms with van der Waals surface area (Å²) >= 11 is 0. The number of carbonyl (C=O) groups is 4. The Morgan fingerprint density at radius 2 is 0.510 bits per heavy atom. The van der Waals surface area contributed by atoms with E-state index < -0.39 is 97.5 Å². The molecule has 0 aromatic rings. The summed E-state index contributed by atoms with van der Waals surface area (Å²) in [5.41, 5.74) is 0. The predicted octanol–water partition coefficient (Wildman–Crippen LogP) is 24.2. The van der Waals surface area contributed by atoms with Crippen molar-refractivity contribution in [3.05, 3.63) is 60.8 Å². The first-order valence-corrected chi connectivity index (χ1v) is 44.5. The normalized spacial score (nSPS) is 14.1. The van der Waals surface area contributed by atoms with Gasteiger partial charge < -0.3 is 33.8 Å². The van der Waals surface area contributed by atoms with Crippen molar-refractivity contribution in [2.75, 3.05) is 39.6 Å². The SMILES string of the molecule is CC/C=C\C/C=C\C/C=C\C/C=C\CCCCCCC(=O)OCC(COP(=O)(O)OCC(O)COP(=O)(O)OCC(COC(=O)CCCCCCC/C=C\CCCCCCCC)OC(=O)CCCCCCCCCCCCCCCCC)OC(=O)CCCCCCCCCCCCCCCCC. The van der Waals surface area contributed by atoms with Crippen molar-refractivity contribution < 1.29 is 80.2 Å². The highest BCUT2D eigenvalue weighted by atomic mass is 31.2. The molecule has 0 saturated heterocycles. The molecule has 0 rings (SSSR count).